The molecule has 13 heavy (non-hydrogen) atoms. The number of hydrogen-bond acceptors (Lipinski definition) is 1. The van der Waals surface area contributed by atoms with Gasteiger partial charge in [-0.05, 0) is 19.3 Å². The Morgan fingerprint density at radius 3 is 2.00 bits per heavy atom. The monoisotopic (exact) mass is 194 g/mol. The highest BCUT2D eigenvalue weighted by Crippen LogP contribution is 2.17. The first-order valence-electron chi connectivity index (χ1n) is 5.02. The minimum absolute atomic E-state index is 0.103. The standard InChI is InChI=1S/C8H16BF3N/c10-9(11,12)7-13-8-5-3-1-2-4-6-8/h8,13H,1-7H2/q-1. The highest BCUT2D eigenvalue weighted by atomic mass is 19.4. The third-order valence-electron chi connectivity index (χ3n) is 2.49. The average molecular weight is 194 g/mol. The molecule has 0 bridgehead atoms. The first kappa shape index (κ1) is 10.9. The fourth-order valence-corrected chi connectivity index (χ4v) is 1.78. The van der Waals surface area contributed by atoms with E-state index in [9.17, 15) is 12.9 Å². The molecule has 1 N–H and O–H groups in total. The molecule has 0 aromatic rings. The minimum Gasteiger partial charge on any atom is -0.448 e. The molecular formula is C8H16BF3N-. The number of halogens is 3. The molecule has 0 amide bonds. The molecule has 1 saturated carbocycles. The summed E-state index contributed by atoms with van der Waals surface area (Å²) in [6.45, 7) is -4.65. The molecule has 1 aliphatic rings. The van der Waals surface area contributed by atoms with Gasteiger partial charge in [0.15, 0.2) is 0 Å². The van der Waals surface area contributed by atoms with Gasteiger partial charge < -0.3 is 18.3 Å². The van der Waals surface area contributed by atoms with Crippen LogP contribution in [0.15, 0.2) is 0 Å². The summed E-state index contributed by atoms with van der Waals surface area (Å²) in [4.78, 5) is 0. The SMILES string of the molecule is F[B-](F)(F)CNC1CCCCCC1. The highest BCUT2D eigenvalue weighted by molar-refractivity contribution is 6.58. The van der Waals surface area contributed by atoms with Gasteiger partial charge in [-0.2, -0.15) is 0 Å². The zero-order valence-electron chi connectivity index (χ0n) is 7.74. The maximum Gasteiger partial charge on any atom is 0.491 e. The molecule has 0 atom stereocenters. The molecule has 1 fully saturated rings. The second-order valence-corrected chi connectivity index (χ2v) is 3.81. The van der Waals surface area contributed by atoms with Crippen molar-refractivity contribution >= 4 is 6.98 Å². The van der Waals surface area contributed by atoms with Crippen LogP contribution in [0.5, 0.6) is 0 Å². The Labute approximate surface area is 77.1 Å². The molecule has 1 nitrogen and oxygen atoms in total. The zero-order chi connectivity index (χ0) is 9.73. The van der Waals surface area contributed by atoms with Gasteiger partial charge in [0.25, 0.3) is 0 Å². The number of rotatable bonds is 3. The van der Waals surface area contributed by atoms with E-state index in [1.54, 1.807) is 0 Å². The molecular weight excluding hydrogens is 178 g/mol. The summed E-state index contributed by atoms with van der Waals surface area (Å²) in [5.74, 6) is 0. The van der Waals surface area contributed by atoms with E-state index < -0.39 is 13.4 Å². The summed E-state index contributed by atoms with van der Waals surface area (Å²) in [6, 6.07) is 0.103. The largest absolute Gasteiger partial charge is 0.491 e. The van der Waals surface area contributed by atoms with Gasteiger partial charge in [-0.25, -0.2) is 0 Å². The van der Waals surface area contributed by atoms with Crippen LogP contribution >= 0.6 is 0 Å². The Morgan fingerprint density at radius 1 is 1.00 bits per heavy atom. The van der Waals surface area contributed by atoms with Gasteiger partial charge in [-0.1, -0.05) is 25.7 Å². The van der Waals surface area contributed by atoms with Gasteiger partial charge in [0.2, 0.25) is 0 Å². The number of hydrogen-bond donors (Lipinski definition) is 1. The van der Waals surface area contributed by atoms with Crippen molar-refractivity contribution in [2.24, 2.45) is 0 Å². The molecule has 0 aromatic heterocycles. The Bertz CT molecular complexity index is 141. The summed E-state index contributed by atoms with van der Waals surface area (Å²) in [5, 5.41) is 2.60. The summed E-state index contributed by atoms with van der Waals surface area (Å²) >= 11 is 0. The van der Waals surface area contributed by atoms with E-state index in [1.165, 1.54) is 12.8 Å². The van der Waals surface area contributed by atoms with Crippen molar-refractivity contribution in [1.29, 1.82) is 0 Å². The quantitative estimate of drug-likeness (QED) is 0.537. The van der Waals surface area contributed by atoms with Crippen LogP contribution in [0.3, 0.4) is 0 Å². The van der Waals surface area contributed by atoms with E-state index >= 15 is 0 Å². The molecule has 0 unspecified atom stereocenters. The second-order valence-electron chi connectivity index (χ2n) is 3.81. The first-order chi connectivity index (χ1) is 6.08. The maximum atomic E-state index is 11.9. The molecule has 1 aliphatic carbocycles. The van der Waals surface area contributed by atoms with Crippen molar-refractivity contribution in [2.45, 2.75) is 44.6 Å². The van der Waals surface area contributed by atoms with Gasteiger partial charge in [-0.3, -0.25) is 0 Å². The van der Waals surface area contributed by atoms with Crippen LogP contribution in [-0.2, 0) is 0 Å². The molecule has 5 heteroatoms. The second kappa shape index (κ2) is 4.89. The van der Waals surface area contributed by atoms with Gasteiger partial charge in [0.1, 0.15) is 0 Å². The molecule has 0 heterocycles. The molecule has 0 saturated heterocycles. The Hall–Kier alpha value is -0.185. The van der Waals surface area contributed by atoms with Gasteiger partial charge in [-0.15, -0.1) is 0 Å². The lowest BCUT2D eigenvalue weighted by Crippen LogP contribution is -2.39. The van der Waals surface area contributed by atoms with E-state index in [0.717, 1.165) is 25.7 Å². The van der Waals surface area contributed by atoms with Crippen LogP contribution in [-0.4, -0.2) is 19.5 Å². The Kier molecular flexibility index (Phi) is 4.10. The predicted molar refractivity (Wildman–Crippen MR) is 48.6 cm³/mol. The maximum absolute atomic E-state index is 11.9. The summed E-state index contributed by atoms with van der Waals surface area (Å²) in [5.41, 5.74) is 0. The smallest absolute Gasteiger partial charge is 0.448 e. The van der Waals surface area contributed by atoms with E-state index in [1.807, 2.05) is 0 Å². The predicted octanol–water partition coefficient (Wildman–Crippen LogP) is 2.69. The van der Waals surface area contributed by atoms with Gasteiger partial charge in [0.05, 0.1) is 0 Å². The molecule has 0 spiro atoms. The van der Waals surface area contributed by atoms with Crippen molar-refractivity contribution in [3.05, 3.63) is 0 Å². The summed E-state index contributed by atoms with van der Waals surface area (Å²) in [6.07, 6.45) is 5.54. The average Bonchev–Trinajstić information content (AvgIpc) is 2.26. The van der Waals surface area contributed by atoms with Crippen LogP contribution in [0.4, 0.5) is 12.9 Å². The van der Waals surface area contributed by atoms with E-state index in [-0.39, 0.29) is 6.04 Å². The lowest BCUT2D eigenvalue weighted by Gasteiger charge is -2.21. The van der Waals surface area contributed by atoms with Crippen LogP contribution in [0.25, 0.3) is 0 Å². The van der Waals surface area contributed by atoms with Crippen molar-refractivity contribution in [3.63, 3.8) is 0 Å². The molecule has 0 aliphatic heterocycles. The topological polar surface area (TPSA) is 12.0 Å². The van der Waals surface area contributed by atoms with Crippen LogP contribution in [0.1, 0.15) is 38.5 Å². The lowest BCUT2D eigenvalue weighted by atomic mass is 9.91. The normalized spacial score (nSPS) is 21.5. The third kappa shape index (κ3) is 5.19. The summed E-state index contributed by atoms with van der Waals surface area (Å²) in [7, 11) is 0. The van der Waals surface area contributed by atoms with Gasteiger partial charge >= 0.3 is 6.98 Å². The van der Waals surface area contributed by atoms with Crippen molar-refractivity contribution < 1.29 is 12.9 Å². The molecule has 0 radical (unpaired) electrons. The lowest BCUT2D eigenvalue weighted by molar-refractivity contribution is 0.419. The fourth-order valence-electron chi connectivity index (χ4n) is 1.78. The van der Waals surface area contributed by atoms with Crippen molar-refractivity contribution in [3.8, 4) is 0 Å². The van der Waals surface area contributed by atoms with E-state index in [2.05, 4.69) is 5.32 Å². The first-order valence-corrected chi connectivity index (χ1v) is 5.02. The Balaban J connectivity index is 2.19. The third-order valence-corrected chi connectivity index (χ3v) is 2.49. The van der Waals surface area contributed by atoms with Crippen LogP contribution < -0.4 is 5.32 Å². The van der Waals surface area contributed by atoms with Gasteiger partial charge in [0, 0.05) is 6.04 Å². The molecule has 78 valence electrons. The van der Waals surface area contributed by atoms with Crippen LogP contribution in [0, 0.1) is 0 Å². The van der Waals surface area contributed by atoms with E-state index in [0.29, 0.717) is 0 Å². The molecule has 0 aromatic carbocycles. The van der Waals surface area contributed by atoms with Crippen molar-refractivity contribution in [2.75, 3.05) is 6.44 Å². The van der Waals surface area contributed by atoms with Crippen molar-refractivity contribution in [1.82, 2.24) is 5.32 Å². The van der Waals surface area contributed by atoms with E-state index in [4.69, 9.17) is 0 Å². The fraction of sp³-hybridized carbons (Fsp3) is 1.00. The number of nitrogens with one attached hydrogen (secondary N) is 1. The Morgan fingerprint density at radius 2 is 1.54 bits per heavy atom. The zero-order valence-corrected chi connectivity index (χ0v) is 7.74. The van der Waals surface area contributed by atoms with Crippen LogP contribution in [0.2, 0.25) is 0 Å². The minimum atomic E-state index is -4.65. The molecule has 1 rings (SSSR count). The summed E-state index contributed by atoms with van der Waals surface area (Å²) < 4.78 is 35.7. The highest BCUT2D eigenvalue weighted by Gasteiger charge is 2.24.